The molecule has 2 heterocycles. The predicted octanol–water partition coefficient (Wildman–Crippen LogP) is -0.589. The summed E-state index contributed by atoms with van der Waals surface area (Å²) in [5, 5.41) is 3.04. The Bertz CT molecular complexity index is 597. The third-order valence-electron chi connectivity index (χ3n) is 2.50. The number of nitrogens with one attached hydrogen (secondary N) is 1. The molecular weight excluding hydrogens is 258 g/mol. The highest BCUT2D eigenvalue weighted by Gasteiger charge is 2.24. The van der Waals surface area contributed by atoms with Crippen molar-refractivity contribution in [2.75, 3.05) is 13.4 Å². The number of aromatic nitrogens is 2. The van der Waals surface area contributed by atoms with Crippen molar-refractivity contribution >= 4 is 15.8 Å². The van der Waals surface area contributed by atoms with E-state index in [1.807, 2.05) is 0 Å². The number of hydrogen-bond donors (Lipinski definition) is 1. The molecule has 1 aliphatic heterocycles. The molecular formula is C10H13N3O4S. The van der Waals surface area contributed by atoms with Crippen molar-refractivity contribution in [3.8, 4) is 0 Å². The molecule has 0 amide bonds. The van der Waals surface area contributed by atoms with Crippen LogP contribution < -0.4 is 5.32 Å². The highest BCUT2D eigenvalue weighted by Crippen LogP contribution is 2.18. The Morgan fingerprint density at radius 3 is 2.72 bits per heavy atom. The van der Waals surface area contributed by atoms with Crippen molar-refractivity contribution in [2.45, 2.75) is 18.8 Å². The number of fused-ring (bicyclic) bond motifs is 1. The maximum Gasteiger partial charge on any atom is 0.357 e. The zero-order chi connectivity index (χ0) is 13.3. The highest BCUT2D eigenvalue weighted by atomic mass is 32.2. The van der Waals surface area contributed by atoms with E-state index in [2.05, 4.69) is 20.0 Å². The normalized spacial score (nSPS) is 14.3. The van der Waals surface area contributed by atoms with Gasteiger partial charge in [0.1, 0.15) is 11.6 Å². The van der Waals surface area contributed by atoms with Gasteiger partial charge in [0.05, 0.1) is 12.8 Å². The number of ether oxygens (including phenoxy) is 1. The number of carbonyl (C=O) groups is 1. The van der Waals surface area contributed by atoms with Crippen molar-refractivity contribution in [3.05, 3.63) is 22.8 Å². The van der Waals surface area contributed by atoms with Gasteiger partial charge in [-0.05, 0) is 0 Å². The predicted molar refractivity (Wildman–Crippen MR) is 62.5 cm³/mol. The average molecular weight is 271 g/mol. The van der Waals surface area contributed by atoms with Gasteiger partial charge in [0, 0.05) is 24.9 Å². The maximum atomic E-state index is 11.6. The minimum Gasteiger partial charge on any atom is -0.464 e. The van der Waals surface area contributed by atoms with Gasteiger partial charge in [-0.15, -0.1) is 0 Å². The first kappa shape index (κ1) is 12.9. The quantitative estimate of drug-likeness (QED) is 0.734. The molecule has 98 valence electrons. The zero-order valence-electron chi connectivity index (χ0n) is 10.1. The number of nitrogens with zero attached hydrogens (tertiary/aromatic N) is 2. The minimum absolute atomic E-state index is 0.125. The molecule has 18 heavy (non-hydrogen) atoms. The van der Waals surface area contributed by atoms with Crippen LogP contribution in [0.15, 0.2) is 0 Å². The first-order valence-corrected chi connectivity index (χ1v) is 7.32. The Kier molecular flexibility index (Phi) is 3.31. The molecule has 0 aliphatic carbocycles. The number of esters is 1. The summed E-state index contributed by atoms with van der Waals surface area (Å²) < 4.78 is 27.1. The van der Waals surface area contributed by atoms with E-state index >= 15 is 0 Å². The van der Waals surface area contributed by atoms with Gasteiger partial charge in [0.15, 0.2) is 15.5 Å². The summed E-state index contributed by atoms with van der Waals surface area (Å²) in [4.78, 5) is 19.8. The van der Waals surface area contributed by atoms with Crippen LogP contribution in [0.5, 0.6) is 0 Å². The molecule has 1 aliphatic rings. The van der Waals surface area contributed by atoms with Crippen molar-refractivity contribution < 1.29 is 17.9 Å². The van der Waals surface area contributed by atoms with E-state index in [9.17, 15) is 13.2 Å². The Labute approximate surface area is 105 Å². The van der Waals surface area contributed by atoms with E-state index in [0.717, 1.165) is 6.26 Å². The molecule has 1 aromatic heterocycles. The first-order chi connectivity index (χ1) is 8.40. The van der Waals surface area contributed by atoms with E-state index in [-0.39, 0.29) is 17.3 Å². The third kappa shape index (κ3) is 2.65. The van der Waals surface area contributed by atoms with Crippen LogP contribution in [0.3, 0.4) is 0 Å². The monoisotopic (exact) mass is 271 g/mol. The van der Waals surface area contributed by atoms with E-state index in [1.54, 1.807) is 0 Å². The van der Waals surface area contributed by atoms with Crippen LogP contribution in [0.1, 0.15) is 27.6 Å². The fraction of sp³-hybridized carbons (Fsp3) is 0.500. The number of hydrogen-bond acceptors (Lipinski definition) is 7. The number of sulfone groups is 1. The SMILES string of the molecule is COC(=O)c1nc(CS(C)(=O)=O)nc2c1CNC2. The molecule has 0 fully saturated rings. The smallest absolute Gasteiger partial charge is 0.357 e. The number of carbonyl (C=O) groups excluding carboxylic acids is 1. The van der Waals surface area contributed by atoms with Crippen LogP contribution in [0.4, 0.5) is 0 Å². The lowest BCUT2D eigenvalue weighted by molar-refractivity contribution is 0.0592. The van der Waals surface area contributed by atoms with E-state index in [0.29, 0.717) is 24.3 Å². The molecule has 0 saturated heterocycles. The topological polar surface area (TPSA) is 98.2 Å². The zero-order valence-corrected chi connectivity index (χ0v) is 10.9. The van der Waals surface area contributed by atoms with Gasteiger partial charge in [-0.1, -0.05) is 0 Å². The lowest BCUT2D eigenvalue weighted by atomic mass is 10.2. The number of rotatable bonds is 3. The van der Waals surface area contributed by atoms with Crippen LogP contribution in [0, 0.1) is 0 Å². The Hall–Kier alpha value is -1.54. The van der Waals surface area contributed by atoms with E-state index in [4.69, 9.17) is 0 Å². The van der Waals surface area contributed by atoms with Crippen LogP contribution in [-0.4, -0.2) is 37.7 Å². The summed E-state index contributed by atoms with van der Waals surface area (Å²) in [5.41, 5.74) is 1.48. The summed E-state index contributed by atoms with van der Waals surface area (Å²) in [7, 11) is -1.98. The standard InChI is InChI=1S/C10H13N3O4S/c1-17-10(14)9-6-3-11-4-7(6)12-8(13-9)5-18(2,15)16/h11H,3-5H2,1-2H3. The van der Waals surface area contributed by atoms with Gasteiger partial charge in [0.25, 0.3) is 0 Å². The first-order valence-electron chi connectivity index (χ1n) is 5.26. The molecule has 0 unspecified atom stereocenters. The Morgan fingerprint density at radius 2 is 2.11 bits per heavy atom. The van der Waals surface area contributed by atoms with Gasteiger partial charge in [-0.2, -0.15) is 0 Å². The molecule has 2 rings (SSSR count). The molecule has 0 aromatic carbocycles. The van der Waals surface area contributed by atoms with Crippen molar-refractivity contribution in [1.29, 1.82) is 0 Å². The van der Waals surface area contributed by atoms with Crippen molar-refractivity contribution in [1.82, 2.24) is 15.3 Å². The Morgan fingerprint density at radius 1 is 1.39 bits per heavy atom. The largest absolute Gasteiger partial charge is 0.464 e. The minimum atomic E-state index is -3.24. The lowest BCUT2D eigenvalue weighted by Gasteiger charge is -2.07. The second-order valence-corrected chi connectivity index (χ2v) is 6.22. The van der Waals surface area contributed by atoms with Crippen LogP contribution >= 0.6 is 0 Å². The van der Waals surface area contributed by atoms with E-state index < -0.39 is 15.8 Å². The maximum absolute atomic E-state index is 11.6. The molecule has 8 heteroatoms. The van der Waals surface area contributed by atoms with Crippen molar-refractivity contribution in [2.24, 2.45) is 0 Å². The van der Waals surface area contributed by atoms with Gasteiger partial charge < -0.3 is 10.1 Å². The van der Waals surface area contributed by atoms with Gasteiger partial charge in [-0.3, -0.25) is 0 Å². The molecule has 0 saturated carbocycles. The van der Waals surface area contributed by atoms with Crippen LogP contribution in [0.2, 0.25) is 0 Å². The molecule has 0 radical (unpaired) electrons. The number of methoxy groups -OCH3 is 1. The van der Waals surface area contributed by atoms with Crippen molar-refractivity contribution in [3.63, 3.8) is 0 Å². The van der Waals surface area contributed by atoms with Gasteiger partial charge >= 0.3 is 5.97 Å². The molecule has 0 atom stereocenters. The summed E-state index contributed by atoms with van der Waals surface area (Å²) >= 11 is 0. The third-order valence-corrected chi connectivity index (χ3v) is 3.29. The summed E-state index contributed by atoms with van der Waals surface area (Å²) in [6.45, 7) is 0.984. The summed E-state index contributed by atoms with van der Waals surface area (Å²) in [6, 6.07) is 0. The van der Waals surface area contributed by atoms with Gasteiger partial charge in [0.2, 0.25) is 0 Å². The lowest BCUT2D eigenvalue weighted by Crippen LogP contribution is -2.15. The molecule has 7 nitrogen and oxygen atoms in total. The molecule has 1 N–H and O–H groups in total. The van der Waals surface area contributed by atoms with E-state index in [1.165, 1.54) is 7.11 Å². The molecule has 0 spiro atoms. The molecule has 0 bridgehead atoms. The highest BCUT2D eigenvalue weighted by molar-refractivity contribution is 7.89. The second kappa shape index (κ2) is 4.62. The average Bonchev–Trinajstić information content (AvgIpc) is 2.72. The fourth-order valence-corrected chi connectivity index (χ4v) is 2.38. The molecule has 1 aromatic rings. The van der Waals surface area contributed by atoms with Crippen LogP contribution in [0.25, 0.3) is 0 Å². The summed E-state index contributed by atoms with van der Waals surface area (Å²) in [6.07, 6.45) is 1.10. The second-order valence-electron chi connectivity index (χ2n) is 4.08. The van der Waals surface area contributed by atoms with Gasteiger partial charge in [-0.25, -0.2) is 23.2 Å². The fourth-order valence-electron chi connectivity index (χ4n) is 1.78. The Balaban J connectivity index is 2.49. The summed E-state index contributed by atoms with van der Waals surface area (Å²) in [5.74, 6) is -0.739. The van der Waals surface area contributed by atoms with Crippen LogP contribution in [-0.2, 0) is 33.4 Å².